The molecule has 2 rings (SSSR count). The Labute approximate surface area is 114 Å². The maximum Gasteiger partial charge on any atom is 0.251 e. The Hall–Kier alpha value is -1.73. The van der Waals surface area contributed by atoms with Gasteiger partial charge in [0.15, 0.2) is 10.3 Å². The largest absolute Gasteiger partial charge is 0.327 e. The fraction of sp³-hybridized carbons (Fsp3) is 0.333. The number of aromatic amines is 1. The van der Waals surface area contributed by atoms with Crippen LogP contribution in [0.15, 0.2) is 39.8 Å². The van der Waals surface area contributed by atoms with Crippen molar-refractivity contribution in [1.29, 1.82) is 0 Å². The molecule has 0 saturated heterocycles. The van der Waals surface area contributed by atoms with Crippen molar-refractivity contribution in [2.45, 2.75) is 36.1 Å². The molecule has 7 heteroatoms. The van der Waals surface area contributed by atoms with Crippen LogP contribution >= 0.6 is 11.8 Å². The Kier molecular flexibility index (Phi) is 4.64. The zero-order valence-electron chi connectivity index (χ0n) is 10.5. The normalized spacial score (nSPS) is 12.3. The fourth-order valence-electron chi connectivity index (χ4n) is 1.44. The van der Waals surface area contributed by atoms with Gasteiger partial charge in [-0.25, -0.2) is 15.0 Å². The molecule has 0 bridgehead atoms. The number of nitrogens with one attached hydrogen (secondary N) is 1. The van der Waals surface area contributed by atoms with Crippen LogP contribution < -0.4 is 11.3 Å². The SMILES string of the molecule is CCC(N)Cc1cnc(Sc2nccc(=O)[nH]2)nc1. The summed E-state index contributed by atoms with van der Waals surface area (Å²) in [5.41, 5.74) is 6.69. The summed E-state index contributed by atoms with van der Waals surface area (Å²) in [5, 5.41) is 1.02. The summed E-state index contributed by atoms with van der Waals surface area (Å²) in [6, 6.07) is 1.49. The summed E-state index contributed by atoms with van der Waals surface area (Å²) in [5.74, 6) is 0. The van der Waals surface area contributed by atoms with Gasteiger partial charge >= 0.3 is 0 Å². The van der Waals surface area contributed by atoms with Crippen LogP contribution in [0.25, 0.3) is 0 Å². The van der Waals surface area contributed by atoms with Crippen LogP contribution in [0.5, 0.6) is 0 Å². The first-order valence-corrected chi connectivity index (χ1v) is 6.78. The topological polar surface area (TPSA) is 97.5 Å². The summed E-state index contributed by atoms with van der Waals surface area (Å²) in [4.78, 5) is 26.2. The number of hydrogen-bond donors (Lipinski definition) is 2. The van der Waals surface area contributed by atoms with Crippen molar-refractivity contribution >= 4 is 11.8 Å². The molecule has 1 unspecified atom stereocenters. The Morgan fingerprint density at radius 3 is 2.74 bits per heavy atom. The van der Waals surface area contributed by atoms with Crippen molar-refractivity contribution in [3.8, 4) is 0 Å². The van der Waals surface area contributed by atoms with Gasteiger partial charge < -0.3 is 10.7 Å². The lowest BCUT2D eigenvalue weighted by atomic mass is 10.1. The minimum Gasteiger partial charge on any atom is -0.327 e. The second-order valence-corrected chi connectivity index (χ2v) is 5.04. The maximum atomic E-state index is 11.1. The standard InChI is InChI=1S/C12H15N5OS/c1-2-9(13)5-8-6-15-11(16-7-8)19-12-14-4-3-10(18)17-12/h3-4,6-7,9H,2,5,13H2,1H3,(H,14,17,18). The molecule has 0 aromatic carbocycles. The Balaban J connectivity index is 2.04. The molecule has 6 nitrogen and oxygen atoms in total. The molecule has 0 spiro atoms. The molecule has 100 valence electrons. The van der Waals surface area contributed by atoms with E-state index in [0.717, 1.165) is 18.4 Å². The minimum atomic E-state index is -0.192. The van der Waals surface area contributed by atoms with Gasteiger partial charge in [-0.3, -0.25) is 4.79 Å². The first kappa shape index (κ1) is 13.7. The summed E-state index contributed by atoms with van der Waals surface area (Å²) in [6.45, 7) is 2.05. The van der Waals surface area contributed by atoms with Crippen molar-refractivity contribution in [2.24, 2.45) is 5.73 Å². The van der Waals surface area contributed by atoms with Crippen LogP contribution in [0.2, 0.25) is 0 Å². The van der Waals surface area contributed by atoms with E-state index in [1.165, 1.54) is 24.0 Å². The van der Waals surface area contributed by atoms with Gasteiger partial charge in [0.05, 0.1) is 0 Å². The van der Waals surface area contributed by atoms with Gasteiger partial charge in [0.1, 0.15) is 0 Å². The Morgan fingerprint density at radius 1 is 1.37 bits per heavy atom. The number of nitrogens with zero attached hydrogens (tertiary/aromatic N) is 3. The summed E-state index contributed by atoms with van der Waals surface area (Å²) in [6.07, 6.45) is 6.65. The number of hydrogen-bond acceptors (Lipinski definition) is 6. The molecule has 0 aliphatic carbocycles. The smallest absolute Gasteiger partial charge is 0.251 e. The van der Waals surface area contributed by atoms with Gasteiger partial charge in [0.2, 0.25) is 0 Å². The number of nitrogens with two attached hydrogens (primary N) is 1. The average molecular weight is 277 g/mol. The number of aromatic nitrogens is 4. The summed E-state index contributed by atoms with van der Waals surface area (Å²) < 4.78 is 0. The van der Waals surface area contributed by atoms with E-state index in [-0.39, 0.29) is 11.6 Å². The van der Waals surface area contributed by atoms with Gasteiger partial charge in [-0.2, -0.15) is 0 Å². The fourth-order valence-corrected chi connectivity index (χ4v) is 2.09. The molecule has 1 atom stereocenters. The van der Waals surface area contributed by atoms with Crippen LogP contribution in [-0.4, -0.2) is 26.0 Å². The predicted molar refractivity (Wildman–Crippen MR) is 73.0 cm³/mol. The van der Waals surface area contributed by atoms with Gasteiger partial charge in [-0.05, 0) is 30.2 Å². The molecule has 3 N–H and O–H groups in total. The highest BCUT2D eigenvalue weighted by atomic mass is 32.2. The highest BCUT2D eigenvalue weighted by molar-refractivity contribution is 7.99. The highest BCUT2D eigenvalue weighted by Gasteiger charge is 2.05. The monoisotopic (exact) mass is 277 g/mol. The Bertz CT molecular complexity index is 583. The third kappa shape index (κ3) is 4.15. The third-order valence-electron chi connectivity index (χ3n) is 2.54. The Morgan fingerprint density at radius 2 is 2.11 bits per heavy atom. The highest BCUT2D eigenvalue weighted by Crippen LogP contribution is 2.18. The van der Waals surface area contributed by atoms with Crippen LogP contribution in [0.3, 0.4) is 0 Å². The summed E-state index contributed by atoms with van der Waals surface area (Å²) >= 11 is 1.21. The molecule has 0 radical (unpaired) electrons. The maximum absolute atomic E-state index is 11.1. The first-order valence-electron chi connectivity index (χ1n) is 5.97. The zero-order chi connectivity index (χ0) is 13.7. The van der Waals surface area contributed by atoms with Gasteiger partial charge in [-0.15, -0.1) is 0 Å². The lowest BCUT2D eigenvalue weighted by Crippen LogP contribution is -2.21. The quantitative estimate of drug-likeness (QED) is 0.791. The van der Waals surface area contributed by atoms with E-state index < -0.39 is 0 Å². The van der Waals surface area contributed by atoms with E-state index in [1.807, 2.05) is 6.92 Å². The van der Waals surface area contributed by atoms with Crippen LogP contribution in [0.1, 0.15) is 18.9 Å². The van der Waals surface area contributed by atoms with Crippen LogP contribution in [-0.2, 0) is 6.42 Å². The second kappa shape index (κ2) is 6.44. The molecule has 2 aromatic rings. The molecule has 0 aliphatic rings. The molecule has 19 heavy (non-hydrogen) atoms. The molecular weight excluding hydrogens is 262 g/mol. The first-order chi connectivity index (χ1) is 9.17. The van der Waals surface area contributed by atoms with Gasteiger partial charge in [0, 0.05) is 30.7 Å². The number of H-pyrrole nitrogens is 1. The van der Waals surface area contributed by atoms with Crippen molar-refractivity contribution in [3.63, 3.8) is 0 Å². The van der Waals surface area contributed by atoms with Gasteiger partial charge in [-0.1, -0.05) is 6.92 Å². The minimum absolute atomic E-state index is 0.134. The molecule has 0 fully saturated rings. The van der Waals surface area contributed by atoms with Crippen molar-refractivity contribution in [2.75, 3.05) is 0 Å². The molecule has 2 aromatic heterocycles. The van der Waals surface area contributed by atoms with E-state index in [4.69, 9.17) is 5.73 Å². The van der Waals surface area contributed by atoms with E-state index in [9.17, 15) is 4.79 Å². The molecule has 2 heterocycles. The lowest BCUT2D eigenvalue weighted by molar-refractivity contribution is 0.641. The molecular formula is C12H15N5OS. The molecule has 0 saturated carbocycles. The average Bonchev–Trinajstić information content (AvgIpc) is 2.41. The predicted octanol–water partition coefficient (Wildman–Crippen LogP) is 0.991. The van der Waals surface area contributed by atoms with E-state index in [0.29, 0.717) is 10.3 Å². The second-order valence-electron chi connectivity index (χ2n) is 4.09. The number of rotatable bonds is 5. The van der Waals surface area contributed by atoms with E-state index in [1.54, 1.807) is 12.4 Å². The van der Waals surface area contributed by atoms with Crippen molar-refractivity contribution in [1.82, 2.24) is 19.9 Å². The van der Waals surface area contributed by atoms with E-state index in [2.05, 4.69) is 19.9 Å². The third-order valence-corrected chi connectivity index (χ3v) is 3.33. The lowest BCUT2D eigenvalue weighted by Gasteiger charge is -2.07. The molecule has 0 amide bonds. The van der Waals surface area contributed by atoms with E-state index >= 15 is 0 Å². The van der Waals surface area contributed by atoms with Gasteiger partial charge in [0.25, 0.3) is 5.56 Å². The van der Waals surface area contributed by atoms with Crippen LogP contribution in [0.4, 0.5) is 0 Å². The zero-order valence-corrected chi connectivity index (χ0v) is 11.4. The van der Waals surface area contributed by atoms with Crippen molar-refractivity contribution in [3.05, 3.63) is 40.6 Å². The molecule has 0 aliphatic heterocycles. The summed E-state index contributed by atoms with van der Waals surface area (Å²) in [7, 11) is 0. The van der Waals surface area contributed by atoms with Crippen LogP contribution in [0, 0.1) is 0 Å². The van der Waals surface area contributed by atoms with Crippen molar-refractivity contribution < 1.29 is 0 Å².